The normalized spacial score (nSPS) is 10.3. The average molecular weight is 295 g/mol. The molecule has 3 N–H and O–H groups in total. The van der Waals surface area contributed by atoms with Crippen molar-refractivity contribution in [3.05, 3.63) is 40.1 Å². The van der Waals surface area contributed by atoms with Crippen molar-refractivity contribution in [1.29, 1.82) is 0 Å². The van der Waals surface area contributed by atoms with Gasteiger partial charge in [-0.25, -0.2) is 9.37 Å². The number of thiazole rings is 1. The first-order chi connectivity index (χ1) is 9.63. The van der Waals surface area contributed by atoms with E-state index in [1.165, 1.54) is 29.5 Å². The van der Waals surface area contributed by atoms with Crippen LogP contribution in [0.4, 0.5) is 10.1 Å². The van der Waals surface area contributed by atoms with Crippen LogP contribution in [0.25, 0.3) is 0 Å². The number of carbonyl (C=O) groups excluding carboxylic acids is 1. The highest BCUT2D eigenvalue weighted by atomic mass is 32.1. The van der Waals surface area contributed by atoms with E-state index in [0.717, 1.165) is 0 Å². The number of benzene rings is 1. The molecule has 1 aromatic heterocycles. The maximum absolute atomic E-state index is 13.2. The van der Waals surface area contributed by atoms with Gasteiger partial charge in [-0.2, -0.15) is 0 Å². The Hall–Kier alpha value is -1.99. The van der Waals surface area contributed by atoms with Gasteiger partial charge < -0.3 is 15.8 Å². The number of hydrogen-bond donors (Lipinski definition) is 2. The Labute approximate surface area is 119 Å². The molecule has 0 bridgehead atoms. The fourth-order valence-corrected chi connectivity index (χ4v) is 2.22. The van der Waals surface area contributed by atoms with Crippen molar-refractivity contribution in [2.75, 3.05) is 11.9 Å². The molecule has 106 valence electrons. The highest BCUT2D eigenvalue weighted by Crippen LogP contribution is 2.26. The van der Waals surface area contributed by atoms with Crippen LogP contribution in [0, 0.1) is 5.82 Å². The fraction of sp³-hybridized carbons (Fsp3) is 0.231. The van der Waals surface area contributed by atoms with E-state index in [1.54, 1.807) is 12.3 Å². The topological polar surface area (TPSA) is 77.2 Å². The zero-order chi connectivity index (χ0) is 14.5. The first-order valence-corrected chi connectivity index (χ1v) is 6.90. The molecule has 0 fully saturated rings. The van der Waals surface area contributed by atoms with E-state index in [1.807, 2.05) is 0 Å². The first kappa shape index (κ1) is 14.4. The van der Waals surface area contributed by atoms with Crippen molar-refractivity contribution >= 4 is 22.9 Å². The van der Waals surface area contributed by atoms with Crippen LogP contribution in [0.2, 0.25) is 0 Å². The van der Waals surface area contributed by atoms with Gasteiger partial charge in [-0.3, -0.25) is 4.79 Å². The van der Waals surface area contributed by atoms with Crippen LogP contribution in [0.1, 0.15) is 22.4 Å². The van der Waals surface area contributed by atoms with Crippen LogP contribution < -0.4 is 15.8 Å². The smallest absolute Gasteiger partial charge is 0.275 e. The number of nitrogens with two attached hydrogens (primary N) is 1. The van der Waals surface area contributed by atoms with Crippen LogP contribution in [-0.2, 0) is 6.54 Å². The molecule has 5 nitrogen and oxygen atoms in total. The van der Waals surface area contributed by atoms with Crippen molar-refractivity contribution in [3.63, 3.8) is 0 Å². The van der Waals surface area contributed by atoms with Crippen LogP contribution in [0.15, 0.2) is 23.6 Å². The Morgan fingerprint density at radius 3 is 3.00 bits per heavy atom. The third-order valence-electron chi connectivity index (χ3n) is 2.45. The second kappa shape index (κ2) is 6.44. The number of nitrogens with zero attached hydrogens (tertiary/aromatic N) is 1. The Morgan fingerprint density at radius 2 is 2.35 bits per heavy atom. The minimum Gasteiger partial charge on any atom is -0.492 e. The van der Waals surface area contributed by atoms with Crippen molar-refractivity contribution in [3.8, 4) is 5.75 Å². The number of ether oxygens (including phenoxy) is 1. The highest BCUT2D eigenvalue weighted by molar-refractivity contribution is 7.09. The van der Waals surface area contributed by atoms with E-state index >= 15 is 0 Å². The number of amides is 1. The summed E-state index contributed by atoms with van der Waals surface area (Å²) in [4.78, 5) is 16.1. The van der Waals surface area contributed by atoms with Gasteiger partial charge in [0, 0.05) is 18.0 Å². The van der Waals surface area contributed by atoms with Crippen LogP contribution in [-0.4, -0.2) is 17.5 Å². The number of carbonyl (C=O) groups is 1. The minimum absolute atomic E-state index is 0.280. The first-order valence-electron chi connectivity index (χ1n) is 6.02. The number of rotatable bonds is 5. The van der Waals surface area contributed by atoms with Gasteiger partial charge in [0.1, 0.15) is 22.3 Å². The zero-order valence-corrected chi connectivity index (χ0v) is 11.7. The predicted octanol–water partition coefficient (Wildman–Crippen LogP) is 2.39. The molecule has 0 atom stereocenters. The van der Waals surface area contributed by atoms with Gasteiger partial charge in [-0.15, -0.1) is 11.3 Å². The summed E-state index contributed by atoms with van der Waals surface area (Å²) in [6.45, 7) is 2.45. The molecule has 1 heterocycles. The largest absolute Gasteiger partial charge is 0.492 e. The Bertz CT molecular complexity index is 615. The van der Waals surface area contributed by atoms with E-state index in [-0.39, 0.29) is 17.4 Å². The summed E-state index contributed by atoms with van der Waals surface area (Å²) in [5, 5.41) is 4.96. The molecule has 0 unspecified atom stereocenters. The van der Waals surface area contributed by atoms with Crippen molar-refractivity contribution in [2.24, 2.45) is 5.73 Å². The second-order valence-corrected chi connectivity index (χ2v) is 4.80. The lowest BCUT2D eigenvalue weighted by atomic mass is 10.2. The fourth-order valence-electron chi connectivity index (χ4n) is 1.57. The summed E-state index contributed by atoms with van der Waals surface area (Å²) in [7, 11) is 0. The van der Waals surface area contributed by atoms with Crippen LogP contribution in [0.3, 0.4) is 0 Å². The molecule has 0 aliphatic heterocycles. The monoisotopic (exact) mass is 295 g/mol. The van der Waals surface area contributed by atoms with Crippen LogP contribution in [0.5, 0.6) is 5.75 Å². The Balaban J connectivity index is 2.18. The molecular weight excluding hydrogens is 281 g/mol. The van der Waals surface area contributed by atoms with Crippen LogP contribution >= 0.6 is 11.3 Å². The van der Waals surface area contributed by atoms with E-state index in [0.29, 0.717) is 23.8 Å². The van der Waals surface area contributed by atoms with Crippen molar-refractivity contribution in [1.82, 2.24) is 4.98 Å². The summed E-state index contributed by atoms with van der Waals surface area (Å²) in [6.07, 6.45) is 0. The molecule has 20 heavy (non-hydrogen) atoms. The summed E-state index contributed by atoms with van der Waals surface area (Å²) in [5.74, 6) is -0.519. The Kier molecular flexibility index (Phi) is 4.65. The van der Waals surface area contributed by atoms with Gasteiger partial charge in [0.15, 0.2) is 0 Å². The summed E-state index contributed by atoms with van der Waals surface area (Å²) < 4.78 is 18.5. The molecule has 1 amide bonds. The number of aromatic nitrogens is 1. The number of hydrogen-bond acceptors (Lipinski definition) is 5. The third-order valence-corrected chi connectivity index (χ3v) is 3.32. The molecule has 0 saturated heterocycles. The van der Waals surface area contributed by atoms with Gasteiger partial charge in [0.25, 0.3) is 5.91 Å². The summed E-state index contributed by atoms with van der Waals surface area (Å²) in [5.41, 5.74) is 6.13. The van der Waals surface area contributed by atoms with Crippen molar-refractivity contribution in [2.45, 2.75) is 13.5 Å². The van der Waals surface area contributed by atoms with Gasteiger partial charge >= 0.3 is 0 Å². The zero-order valence-electron chi connectivity index (χ0n) is 10.9. The van der Waals surface area contributed by atoms with Crippen molar-refractivity contribution < 1.29 is 13.9 Å². The molecule has 0 aliphatic carbocycles. The van der Waals surface area contributed by atoms with Gasteiger partial charge in [0.2, 0.25) is 0 Å². The summed E-state index contributed by atoms with van der Waals surface area (Å²) in [6, 6.07) is 3.93. The maximum atomic E-state index is 13.2. The maximum Gasteiger partial charge on any atom is 0.275 e. The molecule has 0 spiro atoms. The number of anilines is 1. The lowest BCUT2D eigenvalue weighted by molar-refractivity contribution is 0.102. The molecule has 2 aromatic rings. The lowest BCUT2D eigenvalue weighted by Gasteiger charge is -2.10. The molecular formula is C13H14FN3O2S. The SMILES string of the molecule is CCOc1cc(F)ccc1NC(=O)c1csc(CN)n1. The van der Waals surface area contributed by atoms with E-state index in [2.05, 4.69) is 10.3 Å². The average Bonchev–Trinajstić information content (AvgIpc) is 2.91. The quantitative estimate of drug-likeness (QED) is 0.888. The third kappa shape index (κ3) is 3.31. The molecule has 1 aromatic carbocycles. The van der Waals surface area contributed by atoms with E-state index < -0.39 is 5.82 Å². The number of halogens is 1. The standard InChI is InChI=1S/C13H14FN3O2S/c1-2-19-11-5-8(14)3-4-9(11)17-13(18)10-7-20-12(6-15)16-10/h3-5,7H,2,6,15H2,1H3,(H,17,18). The Morgan fingerprint density at radius 1 is 1.55 bits per heavy atom. The predicted molar refractivity (Wildman–Crippen MR) is 75.5 cm³/mol. The molecule has 7 heteroatoms. The van der Waals surface area contributed by atoms with Gasteiger partial charge in [-0.05, 0) is 19.1 Å². The second-order valence-electron chi connectivity index (χ2n) is 3.86. The van der Waals surface area contributed by atoms with E-state index in [9.17, 15) is 9.18 Å². The molecule has 0 aliphatic rings. The minimum atomic E-state index is -0.425. The highest BCUT2D eigenvalue weighted by Gasteiger charge is 2.13. The number of nitrogens with one attached hydrogen (secondary N) is 1. The van der Waals surface area contributed by atoms with E-state index in [4.69, 9.17) is 10.5 Å². The molecule has 0 radical (unpaired) electrons. The lowest BCUT2D eigenvalue weighted by Crippen LogP contribution is -2.14. The van der Waals surface area contributed by atoms with Gasteiger partial charge in [-0.1, -0.05) is 0 Å². The van der Waals surface area contributed by atoms with Gasteiger partial charge in [0.05, 0.1) is 12.3 Å². The summed E-state index contributed by atoms with van der Waals surface area (Å²) >= 11 is 1.32. The molecule has 2 rings (SSSR count). The molecule has 0 saturated carbocycles.